The summed E-state index contributed by atoms with van der Waals surface area (Å²) in [6, 6.07) is 18.3. The molecule has 100 valence electrons. The average molecular weight is 346 g/mol. The van der Waals surface area contributed by atoms with E-state index in [0.29, 0.717) is 14.5 Å². The molecule has 0 unspecified atom stereocenters. The molecule has 0 saturated heterocycles. The van der Waals surface area contributed by atoms with E-state index >= 15 is 0 Å². The van der Waals surface area contributed by atoms with Crippen LogP contribution >= 0.6 is 11.3 Å². The van der Waals surface area contributed by atoms with Crippen molar-refractivity contribution in [1.29, 1.82) is 0 Å². The number of hydrogen-bond acceptors (Lipinski definition) is 3. The number of nitrogens with zero attached hydrogens (tertiary/aromatic N) is 1. The van der Waals surface area contributed by atoms with Crippen LogP contribution in [-0.2, 0) is 0 Å². The fraction of sp³-hybridized carbons (Fsp3) is 0.0625. The van der Waals surface area contributed by atoms with E-state index in [9.17, 15) is 0 Å². The topological polar surface area (TPSA) is 21.6 Å². The SMILES string of the molecule is COc1ccc(-c2c[se]c(=Nc3ccccc3)s2)cc1. The molecule has 4 heteroatoms. The molecule has 0 atom stereocenters. The Morgan fingerprint density at radius 1 is 1.00 bits per heavy atom. The Labute approximate surface area is 127 Å². The third-order valence-corrected chi connectivity index (χ3v) is 6.37. The van der Waals surface area contributed by atoms with Crippen LogP contribution in [-0.4, -0.2) is 21.6 Å². The zero-order valence-corrected chi connectivity index (χ0v) is 13.5. The fourth-order valence-corrected chi connectivity index (χ4v) is 5.20. The van der Waals surface area contributed by atoms with Gasteiger partial charge in [0.15, 0.2) is 0 Å². The summed E-state index contributed by atoms with van der Waals surface area (Å²) in [5.41, 5.74) is 2.26. The van der Waals surface area contributed by atoms with Gasteiger partial charge in [-0.25, -0.2) is 0 Å². The molecule has 0 aliphatic heterocycles. The third kappa shape index (κ3) is 3.10. The van der Waals surface area contributed by atoms with Crippen molar-refractivity contribution in [2.45, 2.75) is 0 Å². The first-order valence-corrected chi connectivity index (χ1v) is 8.84. The number of rotatable bonds is 3. The molecule has 0 bridgehead atoms. The molecule has 1 aromatic heterocycles. The van der Waals surface area contributed by atoms with E-state index in [-0.39, 0.29) is 0 Å². The normalized spacial score (nSPS) is 11.6. The van der Waals surface area contributed by atoms with Crippen molar-refractivity contribution >= 4 is 31.5 Å². The Bertz CT molecular complexity index is 744. The summed E-state index contributed by atoms with van der Waals surface area (Å²) in [7, 11) is 1.69. The molecule has 20 heavy (non-hydrogen) atoms. The predicted octanol–water partition coefficient (Wildman–Crippen LogP) is 3.71. The van der Waals surface area contributed by atoms with Gasteiger partial charge in [-0.3, -0.25) is 0 Å². The Hall–Kier alpha value is -1.61. The second-order valence-electron chi connectivity index (χ2n) is 4.14. The first-order chi connectivity index (χ1) is 9.85. The molecule has 0 fully saturated rings. The van der Waals surface area contributed by atoms with Gasteiger partial charge in [0.1, 0.15) is 0 Å². The van der Waals surface area contributed by atoms with E-state index < -0.39 is 0 Å². The van der Waals surface area contributed by atoms with Crippen molar-refractivity contribution in [3.63, 3.8) is 0 Å². The van der Waals surface area contributed by atoms with Crippen LogP contribution in [0.3, 0.4) is 0 Å². The second kappa shape index (κ2) is 6.23. The van der Waals surface area contributed by atoms with Crippen LogP contribution in [0.4, 0.5) is 5.69 Å². The molecule has 0 saturated carbocycles. The first-order valence-electron chi connectivity index (χ1n) is 6.18. The number of methoxy groups -OCH3 is 1. The van der Waals surface area contributed by atoms with Crippen molar-refractivity contribution in [3.8, 4) is 16.2 Å². The van der Waals surface area contributed by atoms with Gasteiger partial charge in [-0.15, -0.1) is 0 Å². The summed E-state index contributed by atoms with van der Waals surface area (Å²) in [6.07, 6.45) is 0. The Morgan fingerprint density at radius 3 is 2.45 bits per heavy atom. The van der Waals surface area contributed by atoms with Crippen LogP contribution in [0.5, 0.6) is 5.75 Å². The van der Waals surface area contributed by atoms with E-state index in [1.54, 1.807) is 18.4 Å². The molecule has 0 aliphatic rings. The minimum absolute atomic E-state index is 0.329. The van der Waals surface area contributed by atoms with Gasteiger partial charge in [0.2, 0.25) is 0 Å². The third-order valence-electron chi connectivity index (χ3n) is 2.82. The van der Waals surface area contributed by atoms with Crippen molar-refractivity contribution in [1.82, 2.24) is 0 Å². The van der Waals surface area contributed by atoms with Crippen molar-refractivity contribution in [2.24, 2.45) is 4.99 Å². The molecular formula is C16H13NOSSe. The summed E-state index contributed by atoms with van der Waals surface area (Å²) >= 11 is 2.10. The van der Waals surface area contributed by atoms with Gasteiger partial charge in [0, 0.05) is 0 Å². The summed E-state index contributed by atoms with van der Waals surface area (Å²) in [5.74, 6) is 0.890. The summed E-state index contributed by atoms with van der Waals surface area (Å²) in [5, 5.41) is 0. The molecule has 0 amide bonds. The van der Waals surface area contributed by atoms with Crippen LogP contribution in [0.1, 0.15) is 0 Å². The monoisotopic (exact) mass is 347 g/mol. The van der Waals surface area contributed by atoms with E-state index in [1.807, 2.05) is 42.5 Å². The van der Waals surface area contributed by atoms with Gasteiger partial charge in [0.25, 0.3) is 0 Å². The van der Waals surface area contributed by atoms with Crippen LogP contribution < -0.4 is 8.28 Å². The number of hydrogen-bond donors (Lipinski definition) is 0. The standard InChI is InChI=1S/C16H13NOSSe/c1-18-14-9-7-12(8-10-14)15-11-20-16(19-15)17-13-5-3-2-4-6-13/h2-11H,1H3. The fourth-order valence-electron chi connectivity index (χ4n) is 1.79. The zero-order chi connectivity index (χ0) is 13.8. The van der Waals surface area contributed by atoms with Gasteiger partial charge in [-0.05, 0) is 0 Å². The van der Waals surface area contributed by atoms with E-state index in [2.05, 4.69) is 17.1 Å². The van der Waals surface area contributed by atoms with Gasteiger partial charge < -0.3 is 0 Å². The van der Waals surface area contributed by atoms with E-state index in [4.69, 9.17) is 9.73 Å². The summed E-state index contributed by atoms with van der Waals surface area (Å²) < 4.78 is 6.39. The van der Waals surface area contributed by atoms with Crippen molar-refractivity contribution in [2.75, 3.05) is 7.11 Å². The zero-order valence-electron chi connectivity index (χ0n) is 10.9. The average Bonchev–Trinajstić information content (AvgIpc) is 2.97. The van der Waals surface area contributed by atoms with Crippen molar-refractivity contribution < 1.29 is 4.74 Å². The molecule has 2 nitrogen and oxygen atoms in total. The van der Waals surface area contributed by atoms with Crippen LogP contribution in [0.25, 0.3) is 10.4 Å². The van der Waals surface area contributed by atoms with Crippen LogP contribution in [0, 0.1) is 0 Å². The molecular weight excluding hydrogens is 333 g/mol. The predicted molar refractivity (Wildman–Crippen MR) is 84.9 cm³/mol. The van der Waals surface area contributed by atoms with Gasteiger partial charge in [-0.1, -0.05) is 0 Å². The second-order valence-corrected chi connectivity index (χ2v) is 7.56. The van der Waals surface area contributed by atoms with E-state index in [0.717, 1.165) is 11.4 Å². The van der Waals surface area contributed by atoms with E-state index in [1.165, 1.54) is 14.0 Å². The molecule has 3 aromatic rings. The van der Waals surface area contributed by atoms with Gasteiger partial charge in [0.05, 0.1) is 0 Å². The number of benzene rings is 2. The summed E-state index contributed by atoms with van der Waals surface area (Å²) in [6.45, 7) is 0. The molecule has 0 N–H and O–H groups in total. The molecule has 1 heterocycles. The number of para-hydroxylation sites is 1. The maximum absolute atomic E-state index is 5.19. The maximum atomic E-state index is 5.19. The molecule has 0 aliphatic carbocycles. The summed E-state index contributed by atoms with van der Waals surface area (Å²) in [4.78, 5) is 8.28. The first kappa shape index (κ1) is 13.4. The van der Waals surface area contributed by atoms with Crippen LogP contribution in [0.2, 0.25) is 0 Å². The minimum atomic E-state index is 0.329. The molecule has 3 rings (SSSR count). The number of ether oxygens (including phenoxy) is 1. The Kier molecular flexibility index (Phi) is 4.16. The quantitative estimate of drug-likeness (QED) is 0.663. The molecule has 2 aromatic carbocycles. The Balaban J connectivity index is 1.91. The Morgan fingerprint density at radius 2 is 1.75 bits per heavy atom. The van der Waals surface area contributed by atoms with Crippen molar-refractivity contribution in [3.05, 3.63) is 63.1 Å². The molecule has 0 spiro atoms. The molecule has 0 radical (unpaired) electrons. The van der Waals surface area contributed by atoms with Gasteiger partial charge >= 0.3 is 128 Å². The van der Waals surface area contributed by atoms with Crippen LogP contribution in [0.15, 0.2) is 64.5 Å². The van der Waals surface area contributed by atoms with Gasteiger partial charge in [-0.2, -0.15) is 0 Å².